The van der Waals surface area contributed by atoms with Crippen LogP contribution in [0.5, 0.6) is 0 Å². The molecule has 108 valence electrons. The lowest BCUT2D eigenvalue weighted by molar-refractivity contribution is 0.181. The number of furan rings is 1. The Morgan fingerprint density at radius 2 is 2.00 bits per heavy atom. The number of thioether (sulfide) groups is 1. The Morgan fingerprint density at radius 3 is 2.60 bits per heavy atom. The molecule has 3 nitrogen and oxygen atoms in total. The molecule has 0 aliphatic carbocycles. The third-order valence-electron chi connectivity index (χ3n) is 3.28. The number of aliphatic hydroxyl groups excluding tert-OH is 1. The summed E-state index contributed by atoms with van der Waals surface area (Å²) in [5.74, 6) is 2.57. The highest BCUT2D eigenvalue weighted by Crippen LogP contribution is 2.27. The van der Waals surface area contributed by atoms with Gasteiger partial charge in [0.25, 0.3) is 0 Å². The summed E-state index contributed by atoms with van der Waals surface area (Å²) in [6.07, 6.45) is 1.69. The van der Waals surface area contributed by atoms with Crippen LogP contribution in [0.3, 0.4) is 0 Å². The first-order valence-electron chi connectivity index (χ1n) is 6.82. The van der Waals surface area contributed by atoms with Crippen molar-refractivity contribution >= 4 is 11.8 Å². The van der Waals surface area contributed by atoms with Gasteiger partial charge in [-0.1, -0.05) is 37.3 Å². The number of likely N-dealkylation sites (N-methyl/N-ethyl adjacent to an activating group) is 1. The molecule has 1 atom stereocenters. The summed E-state index contributed by atoms with van der Waals surface area (Å²) >= 11 is 1.76. The predicted molar refractivity (Wildman–Crippen MR) is 83.8 cm³/mol. The van der Waals surface area contributed by atoms with E-state index in [4.69, 9.17) is 4.42 Å². The molecule has 0 aliphatic heterocycles. The van der Waals surface area contributed by atoms with Crippen molar-refractivity contribution in [3.63, 3.8) is 0 Å². The summed E-state index contributed by atoms with van der Waals surface area (Å²) < 4.78 is 5.34. The number of benzene rings is 1. The molecule has 0 bridgehead atoms. The molecule has 1 heterocycles. The second-order valence-corrected chi connectivity index (χ2v) is 5.69. The van der Waals surface area contributed by atoms with Crippen molar-refractivity contribution in [3.05, 3.63) is 60.1 Å². The van der Waals surface area contributed by atoms with Gasteiger partial charge in [0.05, 0.1) is 24.2 Å². The van der Waals surface area contributed by atoms with Crippen LogP contribution in [0.15, 0.2) is 53.1 Å². The van der Waals surface area contributed by atoms with Crippen LogP contribution in [0.1, 0.15) is 18.2 Å². The molecule has 20 heavy (non-hydrogen) atoms. The van der Waals surface area contributed by atoms with Gasteiger partial charge in [-0.2, -0.15) is 11.8 Å². The Balaban J connectivity index is 2.06. The average Bonchev–Trinajstić information content (AvgIpc) is 3.00. The lowest BCUT2D eigenvalue weighted by atomic mass is 9.92. The smallest absolute Gasteiger partial charge is 0.113 e. The average molecular weight is 291 g/mol. The summed E-state index contributed by atoms with van der Waals surface area (Å²) in [4.78, 5) is 0. The van der Waals surface area contributed by atoms with Crippen molar-refractivity contribution < 1.29 is 9.52 Å². The van der Waals surface area contributed by atoms with E-state index >= 15 is 0 Å². The third-order valence-corrected chi connectivity index (χ3v) is 4.47. The second-order valence-electron chi connectivity index (χ2n) is 4.71. The van der Waals surface area contributed by atoms with Crippen molar-refractivity contribution in [2.45, 2.75) is 18.2 Å². The molecule has 0 saturated carbocycles. The van der Waals surface area contributed by atoms with E-state index in [1.165, 1.54) is 0 Å². The Labute approximate surface area is 124 Å². The maximum absolute atomic E-state index is 9.92. The molecule has 4 heteroatoms. The van der Waals surface area contributed by atoms with Crippen LogP contribution in [0.25, 0.3) is 0 Å². The fourth-order valence-corrected chi connectivity index (χ4v) is 3.42. The normalized spacial score (nSPS) is 14.1. The van der Waals surface area contributed by atoms with E-state index in [1.54, 1.807) is 18.0 Å². The molecule has 0 amide bonds. The Hall–Kier alpha value is -1.23. The maximum atomic E-state index is 9.92. The van der Waals surface area contributed by atoms with Crippen molar-refractivity contribution in [1.29, 1.82) is 0 Å². The van der Waals surface area contributed by atoms with E-state index in [2.05, 4.69) is 24.4 Å². The summed E-state index contributed by atoms with van der Waals surface area (Å²) in [5, 5.41) is 13.4. The summed E-state index contributed by atoms with van der Waals surface area (Å²) in [7, 11) is 0. The van der Waals surface area contributed by atoms with E-state index in [0.29, 0.717) is 0 Å². The number of aliphatic hydroxyl groups is 1. The van der Waals surface area contributed by atoms with Gasteiger partial charge in [0.1, 0.15) is 5.76 Å². The number of nitrogens with one attached hydrogen (secondary N) is 1. The molecule has 1 aromatic carbocycles. The van der Waals surface area contributed by atoms with Crippen LogP contribution in [0, 0.1) is 0 Å². The first-order valence-corrected chi connectivity index (χ1v) is 7.98. The van der Waals surface area contributed by atoms with Crippen molar-refractivity contribution in [3.8, 4) is 0 Å². The van der Waals surface area contributed by atoms with Crippen molar-refractivity contribution in [1.82, 2.24) is 5.32 Å². The van der Waals surface area contributed by atoms with Gasteiger partial charge < -0.3 is 14.8 Å². The lowest BCUT2D eigenvalue weighted by Gasteiger charge is -2.33. The zero-order valence-electron chi connectivity index (χ0n) is 11.7. The first-order chi connectivity index (χ1) is 9.80. The van der Waals surface area contributed by atoms with Crippen LogP contribution in [0.4, 0.5) is 0 Å². The van der Waals surface area contributed by atoms with E-state index in [-0.39, 0.29) is 6.61 Å². The zero-order valence-corrected chi connectivity index (χ0v) is 12.5. The fraction of sp³-hybridized carbons (Fsp3) is 0.375. The van der Waals surface area contributed by atoms with Gasteiger partial charge in [0.2, 0.25) is 0 Å². The molecule has 1 unspecified atom stereocenters. The van der Waals surface area contributed by atoms with E-state index in [1.807, 2.05) is 30.3 Å². The molecule has 0 saturated heterocycles. The molecule has 0 aliphatic rings. The Kier molecular flexibility index (Phi) is 5.71. The maximum Gasteiger partial charge on any atom is 0.113 e. The summed E-state index contributed by atoms with van der Waals surface area (Å²) in [5.41, 5.74) is 0.726. The zero-order chi connectivity index (χ0) is 14.3. The number of hydrogen-bond donors (Lipinski definition) is 2. The molecule has 2 N–H and O–H groups in total. The van der Waals surface area contributed by atoms with E-state index in [9.17, 15) is 5.11 Å². The van der Waals surface area contributed by atoms with Crippen molar-refractivity contribution in [2.24, 2.45) is 0 Å². The molecule has 0 spiro atoms. The Morgan fingerprint density at radius 1 is 1.20 bits per heavy atom. The van der Waals surface area contributed by atoms with Gasteiger partial charge in [-0.3, -0.25) is 0 Å². The van der Waals surface area contributed by atoms with Crippen molar-refractivity contribution in [2.75, 3.05) is 18.9 Å². The Bertz CT molecular complexity index is 486. The van der Waals surface area contributed by atoms with Gasteiger partial charge >= 0.3 is 0 Å². The van der Waals surface area contributed by atoms with E-state index in [0.717, 1.165) is 29.4 Å². The van der Waals surface area contributed by atoms with Crippen LogP contribution in [-0.4, -0.2) is 24.0 Å². The molecule has 0 radical (unpaired) electrons. The molecular formula is C16H21NO2S. The minimum absolute atomic E-state index is 0.0794. The molecule has 2 rings (SSSR count). The first kappa shape index (κ1) is 15.2. The minimum Gasteiger partial charge on any atom is -0.468 e. The fourth-order valence-electron chi connectivity index (χ4n) is 2.25. The van der Waals surface area contributed by atoms with Crippen LogP contribution >= 0.6 is 11.8 Å². The summed E-state index contributed by atoms with van der Waals surface area (Å²) in [6, 6.07) is 14.0. The van der Waals surface area contributed by atoms with Crippen LogP contribution < -0.4 is 5.32 Å². The minimum atomic E-state index is -0.396. The van der Waals surface area contributed by atoms with Gasteiger partial charge in [0.15, 0.2) is 0 Å². The highest BCUT2D eigenvalue weighted by molar-refractivity contribution is 7.98. The van der Waals surface area contributed by atoms with Crippen LogP contribution in [-0.2, 0) is 11.3 Å². The number of hydrogen-bond acceptors (Lipinski definition) is 4. The monoisotopic (exact) mass is 291 g/mol. The van der Waals surface area contributed by atoms with Crippen LogP contribution in [0.2, 0.25) is 0 Å². The van der Waals surface area contributed by atoms with Gasteiger partial charge in [-0.25, -0.2) is 0 Å². The highest BCUT2D eigenvalue weighted by atomic mass is 32.2. The third kappa shape index (κ3) is 3.66. The predicted octanol–water partition coefficient (Wildman–Crippen LogP) is 3.01. The number of rotatable bonds is 8. The van der Waals surface area contributed by atoms with E-state index < -0.39 is 5.54 Å². The molecule has 2 aromatic rings. The quantitative estimate of drug-likeness (QED) is 0.785. The SMILES string of the molecule is CCNC(CO)(CSCc1ccco1)c1ccccc1. The lowest BCUT2D eigenvalue weighted by Crippen LogP contribution is -2.47. The molecule has 0 fully saturated rings. The topological polar surface area (TPSA) is 45.4 Å². The molecule has 1 aromatic heterocycles. The molecular weight excluding hydrogens is 270 g/mol. The summed E-state index contributed by atoms with van der Waals surface area (Å²) in [6.45, 7) is 2.96. The standard InChI is InChI=1S/C16H21NO2S/c1-2-17-16(12-18,14-7-4-3-5-8-14)13-20-11-15-9-6-10-19-15/h3-10,17-18H,2,11-13H2,1H3. The van der Waals surface area contributed by atoms with Gasteiger partial charge in [0, 0.05) is 5.75 Å². The second kappa shape index (κ2) is 7.53. The van der Waals surface area contributed by atoms with Gasteiger partial charge in [-0.05, 0) is 24.2 Å². The van der Waals surface area contributed by atoms with Gasteiger partial charge in [-0.15, -0.1) is 0 Å². The highest BCUT2D eigenvalue weighted by Gasteiger charge is 2.30. The largest absolute Gasteiger partial charge is 0.468 e.